The Morgan fingerprint density at radius 1 is 1.42 bits per heavy atom. The molecular weight excluding hydrogens is 309 g/mol. The van der Waals surface area contributed by atoms with E-state index < -0.39 is 21.4 Å². The molecule has 1 aliphatic rings. The summed E-state index contributed by atoms with van der Waals surface area (Å²) in [6, 6.07) is 2.47. The average molecular weight is 317 g/mol. The molecule has 0 radical (unpaired) electrons. The zero-order chi connectivity index (χ0) is 14.4. The van der Waals surface area contributed by atoms with Crippen molar-refractivity contribution >= 4 is 21.7 Å². The molecule has 1 unspecified atom stereocenters. The third-order valence-corrected chi connectivity index (χ3v) is 3.59. The molecule has 0 saturated carbocycles. The Balaban J connectivity index is 2.43. The van der Waals surface area contributed by atoms with E-state index in [-0.39, 0.29) is 16.9 Å². The quantitative estimate of drug-likeness (QED) is 0.622. The highest BCUT2D eigenvalue weighted by Gasteiger charge is 2.49. The van der Waals surface area contributed by atoms with Crippen molar-refractivity contribution in [1.29, 1.82) is 0 Å². The van der Waals surface area contributed by atoms with Crippen LogP contribution in [0.25, 0.3) is 0 Å². The lowest BCUT2D eigenvalue weighted by atomic mass is 10.1. The van der Waals surface area contributed by atoms with E-state index in [0.29, 0.717) is 12.0 Å². The smallest absolute Gasteiger partial charge is 0.486 e. The molecular formula is C10H8ClF3O4S. The molecule has 1 aliphatic heterocycles. The van der Waals surface area contributed by atoms with Crippen LogP contribution in [0.1, 0.15) is 12.5 Å². The summed E-state index contributed by atoms with van der Waals surface area (Å²) >= 11 is 5.71. The Hall–Kier alpha value is -1.15. The Kier molecular flexibility index (Phi) is 3.34. The first-order valence-electron chi connectivity index (χ1n) is 5.10. The first-order chi connectivity index (χ1) is 8.60. The van der Waals surface area contributed by atoms with Crippen LogP contribution >= 0.6 is 11.6 Å². The number of alkyl halides is 3. The van der Waals surface area contributed by atoms with Crippen LogP contribution in [0.3, 0.4) is 0 Å². The fraction of sp³-hybridized carbons (Fsp3) is 0.400. The number of fused-ring (bicyclic) bond motifs is 1. The Labute approximate surface area is 112 Å². The van der Waals surface area contributed by atoms with Gasteiger partial charge in [-0.15, -0.1) is 0 Å². The maximum atomic E-state index is 12.3. The van der Waals surface area contributed by atoms with Gasteiger partial charge in [0.05, 0.1) is 0 Å². The molecule has 106 valence electrons. The third-order valence-electron chi connectivity index (χ3n) is 2.41. The zero-order valence-corrected chi connectivity index (χ0v) is 11.1. The van der Waals surface area contributed by atoms with Gasteiger partial charge in [0.25, 0.3) is 0 Å². The standard InChI is InChI=1S/C10H8ClF3O4S/c1-5-2-6-3-7(11)4-8(9(6)17-5)18-19(15,16)10(12,13)14/h3-5H,2H2,1H3. The van der Waals surface area contributed by atoms with Crippen molar-refractivity contribution in [3.8, 4) is 11.5 Å². The van der Waals surface area contributed by atoms with E-state index >= 15 is 0 Å². The van der Waals surface area contributed by atoms with Gasteiger partial charge in [-0.2, -0.15) is 21.6 Å². The number of rotatable bonds is 2. The lowest BCUT2D eigenvalue weighted by molar-refractivity contribution is -0.0500. The van der Waals surface area contributed by atoms with Crippen molar-refractivity contribution in [2.24, 2.45) is 0 Å². The van der Waals surface area contributed by atoms with Gasteiger partial charge < -0.3 is 8.92 Å². The van der Waals surface area contributed by atoms with Crippen LogP contribution in [0.2, 0.25) is 5.02 Å². The van der Waals surface area contributed by atoms with Gasteiger partial charge in [0, 0.05) is 23.1 Å². The fourth-order valence-electron chi connectivity index (χ4n) is 1.69. The summed E-state index contributed by atoms with van der Waals surface area (Å²) in [5, 5.41) is 0.0730. The second kappa shape index (κ2) is 4.45. The van der Waals surface area contributed by atoms with Gasteiger partial charge in [-0.1, -0.05) is 11.6 Å². The maximum Gasteiger partial charge on any atom is 0.534 e. The van der Waals surface area contributed by atoms with Crippen molar-refractivity contribution in [1.82, 2.24) is 0 Å². The van der Waals surface area contributed by atoms with Crippen LogP contribution in [0, 0.1) is 0 Å². The molecule has 1 heterocycles. The predicted octanol–water partition coefficient (Wildman–Crippen LogP) is 2.89. The molecule has 2 rings (SSSR count). The van der Waals surface area contributed by atoms with Gasteiger partial charge in [0.15, 0.2) is 11.5 Å². The van der Waals surface area contributed by atoms with Crippen LogP contribution in [0.4, 0.5) is 13.2 Å². The zero-order valence-electron chi connectivity index (χ0n) is 9.49. The van der Waals surface area contributed by atoms with Crippen molar-refractivity contribution < 1.29 is 30.5 Å². The normalized spacial score (nSPS) is 18.9. The van der Waals surface area contributed by atoms with Gasteiger partial charge >= 0.3 is 15.6 Å². The summed E-state index contributed by atoms with van der Waals surface area (Å²) in [5.74, 6) is -0.575. The molecule has 1 aromatic rings. The van der Waals surface area contributed by atoms with Crippen LogP contribution in [0.5, 0.6) is 11.5 Å². The number of hydrogen-bond donors (Lipinski definition) is 0. The molecule has 19 heavy (non-hydrogen) atoms. The maximum absolute atomic E-state index is 12.3. The van der Waals surface area contributed by atoms with E-state index in [1.807, 2.05) is 0 Å². The van der Waals surface area contributed by atoms with E-state index in [1.165, 1.54) is 6.07 Å². The van der Waals surface area contributed by atoms with Crippen molar-refractivity contribution in [3.63, 3.8) is 0 Å². The Morgan fingerprint density at radius 3 is 2.63 bits per heavy atom. The van der Waals surface area contributed by atoms with E-state index in [1.54, 1.807) is 6.92 Å². The summed E-state index contributed by atoms with van der Waals surface area (Å²) < 4.78 is 68.0. The SMILES string of the molecule is CC1Cc2cc(Cl)cc(OS(=O)(=O)C(F)(F)F)c2O1. The van der Waals surface area contributed by atoms with Gasteiger partial charge in [-0.05, 0) is 13.0 Å². The van der Waals surface area contributed by atoms with Gasteiger partial charge in [0.1, 0.15) is 6.10 Å². The number of halogens is 4. The van der Waals surface area contributed by atoms with E-state index in [4.69, 9.17) is 16.3 Å². The largest absolute Gasteiger partial charge is 0.534 e. The summed E-state index contributed by atoms with van der Waals surface area (Å²) in [7, 11) is -5.75. The lowest BCUT2D eigenvalue weighted by Crippen LogP contribution is -2.28. The number of hydrogen-bond acceptors (Lipinski definition) is 4. The predicted molar refractivity (Wildman–Crippen MR) is 60.8 cm³/mol. The average Bonchev–Trinajstić information content (AvgIpc) is 2.56. The first-order valence-corrected chi connectivity index (χ1v) is 6.88. The minimum atomic E-state index is -5.75. The van der Waals surface area contributed by atoms with Crippen molar-refractivity contribution in [2.45, 2.75) is 25.0 Å². The molecule has 1 atom stereocenters. The third kappa shape index (κ3) is 2.74. The fourth-order valence-corrected chi connectivity index (χ4v) is 2.37. The number of benzene rings is 1. The molecule has 0 aromatic heterocycles. The minimum absolute atomic E-state index is 0.0234. The van der Waals surface area contributed by atoms with Crippen LogP contribution < -0.4 is 8.92 Å². The lowest BCUT2D eigenvalue weighted by Gasteiger charge is -2.13. The van der Waals surface area contributed by atoms with Crippen LogP contribution in [-0.2, 0) is 16.5 Å². The first kappa shape index (κ1) is 14.3. The highest BCUT2D eigenvalue weighted by atomic mass is 35.5. The summed E-state index contributed by atoms with van der Waals surface area (Å²) in [4.78, 5) is 0. The Morgan fingerprint density at radius 2 is 2.05 bits per heavy atom. The highest BCUT2D eigenvalue weighted by Crippen LogP contribution is 2.42. The van der Waals surface area contributed by atoms with Crippen molar-refractivity contribution in [3.05, 3.63) is 22.7 Å². The van der Waals surface area contributed by atoms with Gasteiger partial charge in [0.2, 0.25) is 0 Å². The summed E-state index contributed by atoms with van der Waals surface area (Å²) in [6.07, 6.45) is 0.127. The Bertz CT molecular complexity index is 612. The van der Waals surface area contributed by atoms with Gasteiger partial charge in [-0.25, -0.2) is 0 Å². The molecule has 9 heteroatoms. The van der Waals surface area contributed by atoms with E-state index in [2.05, 4.69) is 4.18 Å². The summed E-state index contributed by atoms with van der Waals surface area (Å²) in [5.41, 5.74) is -5.00. The van der Waals surface area contributed by atoms with E-state index in [9.17, 15) is 21.6 Å². The molecule has 0 saturated heterocycles. The topological polar surface area (TPSA) is 52.6 Å². The number of ether oxygens (including phenoxy) is 1. The highest BCUT2D eigenvalue weighted by molar-refractivity contribution is 7.88. The second-order valence-corrected chi connectivity index (χ2v) is 5.98. The second-order valence-electron chi connectivity index (χ2n) is 4.01. The molecule has 0 amide bonds. The molecule has 0 fully saturated rings. The van der Waals surface area contributed by atoms with E-state index in [0.717, 1.165) is 6.07 Å². The van der Waals surface area contributed by atoms with Crippen molar-refractivity contribution in [2.75, 3.05) is 0 Å². The molecule has 0 bridgehead atoms. The minimum Gasteiger partial charge on any atom is -0.486 e. The molecule has 0 N–H and O–H groups in total. The summed E-state index contributed by atoms with van der Waals surface area (Å²) in [6.45, 7) is 1.69. The molecule has 4 nitrogen and oxygen atoms in total. The molecule has 1 aromatic carbocycles. The van der Waals surface area contributed by atoms with Crippen LogP contribution in [-0.4, -0.2) is 20.0 Å². The molecule has 0 spiro atoms. The molecule has 0 aliphatic carbocycles. The van der Waals surface area contributed by atoms with Crippen LogP contribution in [0.15, 0.2) is 12.1 Å². The van der Waals surface area contributed by atoms with Gasteiger partial charge in [-0.3, -0.25) is 0 Å². The monoisotopic (exact) mass is 316 g/mol.